The van der Waals surface area contributed by atoms with Crippen LogP contribution in [0, 0.1) is 0 Å². The summed E-state index contributed by atoms with van der Waals surface area (Å²) in [7, 11) is 0. The van der Waals surface area contributed by atoms with Crippen LogP contribution in [0.5, 0.6) is 0 Å². The molecule has 0 amide bonds. The van der Waals surface area contributed by atoms with Gasteiger partial charge in [-0.3, -0.25) is 0 Å². The van der Waals surface area contributed by atoms with Crippen LogP contribution in [0.3, 0.4) is 0 Å². The summed E-state index contributed by atoms with van der Waals surface area (Å²) in [5.74, 6) is 0. The molecule has 2 heteroatoms. The van der Waals surface area contributed by atoms with E-state index in [4.69, 9.17) is 0 Å². The van der Waals surface area contributed by atoms with E-state index < -0.39 is 0 Å². The minimum absolute atomic E-state index is 1.23. The molecule has 176 valence electrons. The van der Waals surface area contributed by atoms with Crippen molar-refractivity contribution in [3.8, 4) is 5.69 Å². The van der Waals surface area contributed by atoms with Gasteiger partial charge in [0, 0.05) is 41.7 Å². The average molecular weight is 500 g/mol. The molecule has 38 heavy (non-hydrogen) atoms. The first-order chi connectivity index (χ1) is 18.9. The van der Waals surface area contributed by atoms with E-state index in [9.17, 15) is 0 Å². The molecule has 0 saturated heterocycles. The quantitative estimate of drug-likeness (QED) is 0.212. The molecular formula is C36H21NS. The smallest absolute Gasteiger partial charge is 0.0641 e. The van der Waals surface area contributed by atoms with Crippen molar-refractivity contribution in [1.29, 1.82) is 0 Å². The van der Waals surface area contributed by atoms with Crippen molar-refractivity contribution in [2.24, 2.45) is 0 Å². The van der Waals surface area contributed by atoms with Crippen LogP contribution in [-0.2, 0) is 0 Å². The molecule has 0 N–H and O–H groups in total. The normalized spacial score (nSPS) is 12.2. The predicted octanol–water partition coefficient (Wildman–Crippen LogP) is 10.6. The molecule has 0 radical (unpaired) electrons. The second-order valence-corrected chi connectivity index (χ2v) is 11.1. The number of aromatic nitrogens is 1. The van der Waals surface area contributed by atoms with E-state index in [1.165, 1.54) is 80.0 Å². The third kappa shape index (κ3) is 2.55. The van der Waals surface area contributed by atoms with Crippen molar-refractivity contribution >= 4 is 85.6 Å². The molecule has 0 saturated carbocycles. The highest BCUT2D eigenvalue weighted by atomic mass is 32.1. The van der Waals surface area contributed by atoms with Crippen molar-refractivity contribution in [2.45, 2.75) is 0 Å². The highest BCUT2D eigenvalue weighted by Crippen LogP contribution is 2.49. The van der Waals surface area contributed by atoms with E-state index in [2.05, 4.69) is 132 Å². The first-order valence-electron chi connectivity index (χ1n) is 13.0. The Morgan fingerprint density at radius 1 is 0.421 bits per heavy atom. The molecule has 2 aromatic heterocycles. The molecule has 0 unspecified atom stereocenters. The van der Waals surface area contributed by atoms with Gasteiger partial charge in [-0.2, -0.15) is 0 Å². The van der Waals surface area contributed by atoms with Gasteiger partial charge in [-0.05, 0) is 39.7 Å². The van der Waals surface area contributed by atoms with Crippen LogP contribution in [0.15, 0.2) is 127 Å². The summed E-state index contributed by atoms with van der Waals surface area (Å²) in [6.07, 6.45) is 0. The van der Waals surface area contributed by atoms with Crippen LogP contribution in [-0.4, -0.2) is 4.57 Å². The molecule has 0 bridgehead atoms. The fourth-order valence-corrected chi connectivity index (χ4v) is 7.82. The number of hydrogen-bond acceptors (Lipinski definition) is 1. The van der Waals surface area contributed by atoms with Gasteiger partial charge < -0.3 is 4.57 Å². The lowest BCUT2D eigenvalue weighted by atomic mass is 9.97. The van der Waals surface area contributed by atoms with Crippen molar-refractivity contribution in [1.82, 2.24) is 4.57 Å². The Kier molecular flexibility index (Phi) is 3.99. The van der Waals surface area contributed by atoms with Gasteiger partial charge in [-0.15, -0.1) is 11.3 Å². The molecule has 2 heterocycles. The Labute approximate surface area is 222 Å². The molecule has 0 atom stereocenters. The Hall–Kier alpha value is -4.66. The summed E-state index contributed by atoms with van der Waals surface area (Å²) >= 11 is 1.91. The summed E-state index contributed by atoms with van der Waals surface area (Å²) in [5, 5.41) is 13.1. The maximum Gasteiger partial charge on any atom is 0.0641 e. The number of rotatable bonds is 1. The molecular weight excluding hydrogens is 478 g/mol. The lowest BCUT2D eigenvalue weighted by Crippen LogP contribution is -1.96. The zero-order valence-electron chi connectivity index (χ0n) is 20.5. The molecule has 0 aliphatic rings. The highest BCUT2D eigenvalue weighted by molar-refractivity contribution is 7.27. The minimum atomic E-state index is 1.23. The van der Waals surface area contributed by atoms with E-state index in [0.29, 0.717) is 0 Å². The molecule has 0 aliphatic carbocycles. The Morgan fingerprint density at radius 3 is 1.89 bits per heavy atom. The van der Waals surface area contributed by atoms with Crippen LogP contribution in [0.25, 0.3) is 80.0 Å². The fraction of sp³-hybridized carbons (Fsp3) is 0. The van der Waals surface area contributed by atoms with E-state index >= 15 is 0 Å². The van der Waals surface area contributed by atoms with Crippen molar-refractivity contribution < 1.29 is 0 Å². The van der Waals surface area contributed by atoms with E-state index in [0.717, 1.165) is 0 Å². The largest absolute Gasteiger partial charge is 0.308 e. The van der Waals surface area contributed by atoms with E-state index in [-0.39, 0.29) is 0 Å². The third-order valence-electron chi connectivity index (χ3n) is 8.14. The predicted molar refractivity (Wildman–Crippen MR) is 166 cm³/mol. The molecule has 0 aliphatic heterocycles. The number of thiophene rings is 1. The highest BCUT2D eigenvalue weighted by Gasteiger charge is 2.23. The SMILES string of the molecule is c1ccc2c(-n3c4ccc5ccccc5c4c4c5ccccc5c5sc6ccccc6c5c43)cccc2c1. The van der Waals surface area contributed by atoms with Gasteiger partial charge in [0.15, 0.2) is 0 Å². The topological polar surface area (TPSA) is 4.93 Å². The third-order valence-corrected chi connectivity index (χ3v) is 9.34. The van der Waals surface area contributed by atoms with Crippen molar-refractivity contribution in [3.05, 3.63) is 127 Å². The Bertz CT molecular complexity index is 2400. The molecule has 7 aromatic carbocycles. The van der Waals surface area contributed by atoms with Gasteiger partial charge >= 0.3 is 0 Å². The minimum Gasteiger partial charge on any atom is -0.308 e. The fourth-order valence-electron chi connectivity index (χ4n) is 6.58. The summed E-state index contributed by atoms with van der Waals surface area (Å²) in [6.45, 7) is 0. The summed E-state index contributed by atoms with van der Waals surface area (Å²) in [6, 6.07) is 46.8. The van der Waals surface area contributed by atoms with Crippen LogP contribution in [0.1, 0.15) is 0 Å². The van der Waals surface area contributed by atoms with E-state index in [1.807, 2.05) is 11.3 Å². The van der Waals surface area contributed by atoms with Gasteiger partial charge in [0.05, 0.1) is 16.7 Å². The summed E-state index contributed by atoms with van der Waals surface area (Å²) < 4.78 is 5.25. The first-order valence-corrected chi connectivity index (χ1v) is 13.9. The van der Waals surface area contributed by atoms with Gasteiger partial charge in [0.2, 0.25) is 0 Å². The number of hydrogen-bond donors (Lipinski definition) is 0. The van der Waals surface area contributed by atoms with Gasteiger partial charge in [-0.1, -0.05) is 109 Å². The van der Waals surface area contributed by atoms with Crippen molar-refractivity contribution in [2.75, 3.05) is 0 Å². The van der Waals surface area contributed by atoms with Gasteiger partial charge in [0.1, 0.15) is 0 Å². The number of benzene rings is 7. The standard InChI is InChI=1S/C36H21NS/c1-3-13-24-22(10-1)12-9-18-29(24)37-30-21-20-23-11-2-4-14-25(23)32(30)33-26-15-5-6-16-27(26)36-34(35(33)37)28-17-7-8-19-31(28)38-36/h1-21H. The van der Waals surface area contributed by atoms with Crippen LogP contribution >= 0.6 is 11.3 Å². The number of fused-ring (bicyclic) bond motifs is 13. The summed E-state index contributed by atoms with van der Waals surface area (Å²) in [5.41, 5.74) is 3.78. The number of nitrogens with zero attached hydrogens (tertiary/aromatic N) is 1. The van der Waals surface area contributed by atoms with Crippen LogP contribution in [0.2, 0.25) is 0 Å². The lowest BCUT2D eigenvalue weighted by Gasteiger charge is -2.13. The molecule has 0 fully saturated rings. The van der Waals surface area contributed by atoms with Crippen LogP contribution < -0.4 is 0 Å². The Morgan fingerprint density at radius 2 is 1.05 bits per heavy atom. The maximum atomic E-state index is 2.55. The molecule has 9 aromatic rings. The summed E-state index contributed by atoms with van der Waals surface area (Å²) in [4.78, 5) is 0. The molecule has 9 rings (SSSR count). The van der Waals surface area contributed by atoms with E-state index in [1.54, 1.807) is 0 Å². The lowest BCUT2D eigenvalue weighted by molar-refractivity contribution is 1.21. The maximum absolute atomic E-state index is 2.55. The molecule has 0 spiro atoms. The zero-order valence-corrected chi connectivity index (χ0v) is 21.3. The zero-order chi connectivity index (χ0) is 24.8. The average Bonchev–Trinajstić information content (AvgIpc) is 3.54. The monoisotopic (exact) mass is 499 g/mol. The van der Waals surface area contributed by atoms with Gasteiger partial charge in [0.25, 0.3) is 0 Å². The first kappa shape index (κ1) is 20.4. The van der Waals surface area contributed by atoms with Crippen molar-refractivity contribution in [3.63, 3.8) is 0 Å². The van der Waals surface area contributed by atoms with Gasteiger partial charge in [-0.25, -0.2) is 0 Å². The second kappa shape index (κ2) is 7.44. The molecule has 1 nitrogen and oxygen atoms in total. The Balaban J connectivity index is 1.69. The van der Waals surface area contributed by atoms with Crippen LogP contribution in [0.4, 0.5) is 0 Å². The second-order valence-electron chi connectivity index (χ2n) is 10.1.